The highest BCUT2D eigenvalue weighted by Gasteiger charge is 2.48. The van der Waals surface area contributed by atoms with Crippen LogP contribution in [0.2, 0.25) is 0 Å². The smallest absolute Gasteiger partial charge is 0.307 e. The van der Waals surface area contributed by atoms with Crippen molar-refractivity contribution in [2.24, 2.45) is 23.5 Å². The van der Waals surface area contributed by atoms with Crippen molar-refractivity contribution >= 4 is 23.7 Å². The molecule has 0 radical (unpaired) electrons. The van der Waals surface area contributed by atoms with Crippen LogP contribution >= 0.6 is 0 Å². The molecule has 9 nitrogen and oxygen atoms in total. The van der Waals surface area contributed by atoms with E-state index < -0.39 is 23.8 Å². The summed E-state index contributed by atoms with van der Waals surface area (Å²) >= 11 is 0. The SMILES string of the molecule is CC(C)CC(NC(=O)C1C[C@@H]1C(=O)O)C(=O)NCCCCNC(=N)N. The lowest BCUT2D eigenvalue weighted by molar-refractivity contribution is -0.140. The number of hydrogen-bond acceptors (Lipinski definition) is 4. The number of rotatable bonds is 11. The third kappa shape index (κ3) is 7.86. The van der Waals surface area contributed by atoms with Gasteiger partial charge in [-0.1, -0.05) is 13.8 Å². The van der Waals surface area contributed by atoms with Crippen molar-refractivity contribution in [2.75, 3.05) is 13.1 Å². The van der Waals surface area contributed by atoms with E-state index in [1.807, 2.05) is 13.8 Å². The number of carboxylic acids is 1. The molecule has 0 aromatic carbocycles. The summed E-state index contributed by atoms with van der Waals surface area (Å²) in [6.45, 7) is 4.94. The number of nitrogens with two attached hydrogens (primary N) is 1. The Labute approximate surface area is 147 Å². The molecule has 3 atom stereocenters. The lowest BCUT2D eigenvalue weighted by atomic mass is 10.0. The number of guanidine groups is 1. The summed E-state index contributed by atoms with van der Waals surface area (Å²) in [7, 11) is 0. The van der Waals surface area contributed by atoms with E-state index in [2.05, 4.69) is 16.0 Å². The summed E-state index contributed by atoms with van der Waals surface area (Å²) in [4.78, 5) is 35.3. The largest absolute Gasteiger partial charge is 0.481 e. The predicted octanol–water partition coefficient (Wildman–Crippen LogP) is -0.383. The first-order valence-corrected chi connectivity index (χ1v) is 8.61. The van der Waals surface area contributed by atoms with Crippen LogP contribution in [0, 0.1) is 23.2 Å². The second-order valence-electron chi connectivity index (χ2n) is 6.82. The number of carbonyl (C=O) groups is 3. The van der Waals surface area contributed by atoms with Crippen molar-refractivity contribution in [2.45, 2.75) is 45.6 Å². The molecule has 2 amide bonds. The second-order valence-corrected chi connectivity index (χ2v) is 6.82. The van der Waals surface area contributed by atoms with Crippen molar-refractivity contribution in [3.63, 3.8) is 0 Å². The van der Waals surface area contributed by atoms with Crippen molar-refractivity contribution in [1.29, 1.82) is 5.41 Å². The number of carbonyl (C=O) groups excluding carboxylic acids is 2. The summed E-state index contributed by atoms with van der Waals surface area (Å²) in [5.41, 5.74) is 5.17. The summed E-state index contributed by atoms with van der Waals surface area (Å²) in [5.74, 6) is -2.61. The predicted molar refractivity (Wildman–Crippen MR) is 92.8 cm³/mol. The molecule has 0 spiro atoms. The molecule has 1 rings (SSSR count). The zero-order chi connectivity index (χ0) is 19.0. The van der Waals surface area contributed by atoms with Gasteiger partial charge in [-0.3, -0.25) is 19.8 Å². The van der Waals surface area contributed by atoms with Crippen LogP contribution in [0.5, 0.6) is 0 Å². The van der Waals surface area contributed by atoms with E-state index in [9.17, 15) is 14.4 Å². The maximum absolute atomic E-state index is 12.3. The second kappa shape index (κ2) is 9.85. The first-order chi connectivity index (χ1) is 11.7. The van der Waals surface area contributed by atoms with Gasteiger partial charge in [0.2, 0.25) is 11.8 Å². The lowest BCUT2D eigenvalue weighted by Gasteiger charge is -2.20. The summed E-state index contributed by atoms with van der Waals surface area (Å²) in [6.07, 6.45) is 2.30. The average molecular weight is 355 g/mol. The number of nitrogens with one attached hydrogen (secondary N) is 4. The van der Waals surface area contributed by atoms with Gasteiger partial charge in [0.1, 0.15) is 6.04 Å². The molecular formula is C16H29N5O4. The van der Waals surface area contributed by atoms with E-state index in [0.29, 0.717) is 25.9 Å². The molecule has 1 aliphatic rings. The summed E-state index contributed by atoms with van der Waals surface area (Å²) < 4.78 is 0. The molecule has 25 heavy (non-hydrogen) atoms. The zero-order valence-corrected chi connectivity index (χ0v) is 14.8. The first kappa shape index (κ1) is 20.7. The molecule has 1 fully saturated rings. The van der Waals surface area contributed by atoms with Crippen LogP contribution in [0.1, 0.15) is 39.5 Å². The Kier molecular flexibility index (Phi) is 8.17. The zero-order valence-electron chi connectivity index (χ0n) is 14.8. The minimum absolute atomic E-state index is 0.0801. The molecule has 9 heteroatoms. The van der Waals surface area contributed by atoms with Gasteiger partial charge in [0, 0.05) is 13.1 Å². The molecule has 0 bridgehead atoms. The first-order valence-electron chi connectivity index (χ1n) is 8.61. The number of amides is 2. The van der Waals surface area contributed by atoms with Gasteiger partial charge in [0.05, 0.1) is 11.8 Å². The van der Waals surface area contributed by atoms with Gasteiger partial charge >= 0.3 is 5.97 Å². The van der Waals surface area contributed by atoms with Crippen LogP contribution in [-0.2, 0) is 14.4 Å². The molecule has 142 valence electrons. The van der Waals surface area contributed by atoms with Gasteiger partial charge in [0.15, 0.2) is 5.96 Å². The van der Waals surface area contributed by atoms with Crippen LogP contribution in [0.25, 0.3) is 0 Å². The summed E-state index contributed by atoms with van der Waals surface area (Å²) in [5, 5.41) is 24.1. The number of aliphatic carboxylic acids is 1. The monoisotopic (exact) mass is 355 g/mol. The molecule has 1 aliphatic carbocycles. The van der Waals surface area contributed by atoms with Gasteiger partial charge in [-0.05, 0) is 31.6 Å². The third-order valence-corrected chi connectivity index (χ3v) is 4.00. The Bertz CT molecular complexity index is 509. The molecule has 0 heterocycles. The third-order valence-electron chi connectivity index (χ3n) is 4.00. The van der Waals surface area contributed by atoms with Crippen LogP contribution in [0.4, 0.5) is 0 Å². The fourth-order valence-electron chi connectivity index (χ4n) is 2.55. The van der Waals surface area contributed by atoms with Crippen molar-refractivity contribution in [3.8, 4) is 0 Å². The van der Waals surface area contributed by atoms with E-state index in [1.165, 1.54) is 0 Å². The standard InChI is InChI=1S/C16H29N5O4/c1-9(2)7-12(21-13(22)10-8-11(10)15(24)25)14(23)19-5-3-4-6-20-16(17)18/h9-12H,3-8H2,1-2H3,(H,19,23)(H,21,22)(H,24,25)(H4,17,18,20)/t10?,11-,12?/m0/s1. The molecular weight excluding hydrogens is 326 g/mol. The molecule has 2 unspecified atom stereocenters. The Morgan fingerprint density at radius 2 is 1.76 bits per heavy atom. The number of carboxylic acid groups (broad SMARTS) is 1. The Morgan fingerprint density at radius 3 is 2.24 bits per heavy atom. The minimum atomic E-state index is -0.968. The van der Waals surface area contributed by atoms with E-state index >= 15 is 0 Å². The maximum Gasteiger partial charge on any atom is 0.307 e. The van der Waals surface area contributed by atoms with E-state index in [1.54, 1.807) is 0 Å². The maximum atomic E-state index is 12.3. The topological polar surface area (TPSA) is 157 Å². The van der Waals surface area contributed by atoms with Crippen LogP contribution in [-0.4, -0.2) is 48.0 Å². The van der Waals surface area contributed by atoms with Crippen molar-refractivity contribution in [3.05, 3.63) is 0 Å². The Balaban J connectivity index is 2.38. The molecule has 1 saturated carbocycles. The summed E-state index contributed by atoms with van der Waals surface area (Å²) in [6, 6.07) is -0.655. The van der Waals surface area contributed by atoms with Gasteiger partial charge in [-0.25, -0.2) is 0 Å². The Morgan fingerprint density at radius 1 is 1.16 bits per heavy atom. The highest BCUT2D eigenvalue weighted by molar-refractivity contribution is 5.93. The number of unbranched alkanes of at least 4 members (excludes halogenated alkanes) is 1. The molecule has 0 saturated heterocycles. The van der Waals surface area contributed by atoms with Gasteiger partial charge in [0.25, 0.3) is 0 Å². The van der Waals surface area contributed by atoms with Crippen molar-refractivity contribution < 1.29 is 19.5 Å². The average Bonchev–Trinajstić information content (AvgIpc) is 3.29. The van der Waals surface area contributed by atoms with Crippen molar-refractivity contribution in [1.82, 2.24) is 16.0 Å². The van der Waals surface area contributed by atoms with Crippen LogP contribution in [0.3, 0.4) is 0 Å². The molecule has 0 aliphatic heterocycles. The van der Waals surface area contributed by atoms with E-state index in [4.69, 9.17) is 16.2 Å². The number of hydrogen-bond donors (Lipinski definition) is 6. The van der Waals surface area contributed by atoms with Gasteiger partial charge in [-0.15, -0.1) is 0 Å². The minimum Gasteiger partial charge on any atom is -0.481 e. The molecule has 0 aromatic heterocycles. The van der Waals surface area contributed by atoms with E-state index in [-0.39, 0.29) is 23.7 Å². The van der Waals surface area contributed by atoms with E-state index in [0.717, 1.165) is 12.8 Å². The van der Waals surface area contributed by atoms with Gasteiger partial charge < -0.3 is 26.8 Å². The van der Waals surface area contributed by atoms with Crippen LogP contribution in [0.15, 0.2) is 0 Å². The Hall–Kier alpha value is -2.32. The fraction of sp³-hybridized carbons (Fsp3) is 0.750. The lowest BCUT2D eigenvalue weighted by Crippen LogP contribution is -2.48. The highest BCUT2D eigenvalue weighted by atomic mass is 16.4. The quantitative estimate of drug-likeness (QED) is 0.168. The van der Waals surface area contributed by atoms with Gasteiger partial charge in [-0.2, -0.15) is 0 Å². The molecule has 7 N–H and O–H groups in total. The molecule has 0 aromatic rings. The van der Waals surface area contributed by atoms with Crippen LogP contribution < -0.4 is 21.7 Å². The highest BCUT2D eigenvalue weighted by Crippen LogP contribution is 2.38. The normalized spacial score (nSPS) is 19.8. The fourth-order valence-corrected chi connectivity index (χ4v) is 2.55.